The molecule has 1 fully saturated rings. The average Bonchev–Trinajstić information content (AvgIpc) is 2.03. The van der Waals surface area contributed by atoms with Gasteiger partial charge in [0.05, 0.1) is 12.2 Å². The highest BCUT2D eigenvalue weighted by molar-refractivity contribution is 4.75. The van der Waals surface area contributed by atoms with Gasteiger partial charge in [0, 0.05) is 0 Å². The van der Waals surface area contributed by atoms with Gasteiger partial charge in [0.25, 0.3) is 0 Å². The number of hydrogen-bond acceptors (Lipinski definition) is 2. The first-order chi connectivity index (χ1) is 5.34. The van der Waals surface area contributed by atoms with Crippen molar-refractivity contribution in [2.45, 2.75) is 38.7 Å². The van der Waals surface area contributed by atoms with E-state index >= 15 is 0 Å². The Kier molecular flexibility index (Phi) is 3.38. The summed E-state index contributed by atoms with van der Waals surface area (Å²) in [7, 11) is 0. The molecule has 0 unspecified atom stereocenters. The quantitative estimate of drug-likeness (QED) is 0.608. The summed E-state index contributed by atoms with van der Waals surface area (Å²) in [5.74, 6) is 0.650. The standard InChI is InChI=1S/C9H15NO/c1-8-4-2-3-5-9(8)11-7-6-10/h8-9H,2-5,7H2,1H3/t8-,9+/m0/s1. The van der Waals surface area contributed by atoms with E-state index in [9.17, 15) is 0 Å². The van der Waals surface area contributed by atoms with Crippen molar-refractivity contribution < 1.29 is 4.74 Å². The van der Waals surface area contributed by atoms with E-state index in [1.165, 1.54) is 19.3 Å². The summed E-state index contributed by atoms with van der Waals surface area (Å²) < 4.78 is 5.38. The van der Waals surface area contributed by atoms with Gasteiger partial charge < -0.3 is 4.74 Å². The minimum absolute atomic E-state index is 0.259. The van der Waals surface area contributed by atoms with Gasteiger partial charge in [-0.25, -0.2) is 0 Å². The largest absolute Gasteiger partial charge is 0.363 e. The summed E-state index contributed by atoms with van der Waals surface area (Å²) >= 11 is 0. The Bertz CT molecular complexity index is 150. The second-order valence-corrected chi connectivity index (χ2v) is 3.27. The third-order valence-electron chi connectivity index (χ3n) is 2.39. The van der Waals surface area contributed by atoms with E-state index in [1.807, 2.05) is 6.07 Å². The van der Waals surface area contributed by atoms with E-state index in [0.717, 1.165) is 6.42 Å². The van der Waals surface area contributed by atoms with Crippen LogP contribution in [0.2, 0.25) is 0 Å². The Morgan fingerprint density at radius 2 is 2.18 bits per heavy atom. The summed E-state index contributed by atoms with van der Waals surface area (Å²) in [6.07, 6.45) is 5.34. The lowest BCUT2D eigenvalue weighted by molar-refractivity contribution is 0.0124. The molecule has 0 saturated heterocycles. The van der Waals surface area contributed by atoms with E-state index in [1.54, 1.807) is 0 Å². The second kappa shape index (κ2) is 4.35. The Balaban J connectivity index is 2.25. The highest BCUT2D eigenvalue weighted by Crippen LogP contribution is 2.25. The lowest BCUT2D eigenvalue weighted by Crippen LogP contribution is -2.25. The lowest BCUT2D eigenvalue weighted by atomic mass is 9.88. The van der Waals surface area contributed by atoms with Crippen molar-refractivity contribution in [2.75, 3.05) is 6.61 Å². The predicted octanol–water partition coefficient (Wildman–Crippen LogP) is 2.11. The Hall–Kier alpha value is -0.550. The first-order valence-electron chi connectivity index (χ1n) is 4.33. The van der Waals surface area contributed by atoms with Gasteiger partial charge in [-0.15, -0.1) is 0 Å². The number of ether oxygens (including phenoxy) is 1. The van der Waals surface area contributed by atoms with Gasteiger partial charge in [-0.1, -0.05) is 19.8 Å². The molecule has 2 nitrogen and oxygen atoms in total. The fraction of sp³-hybridized carbons (Fsp3) is 0.889. The zero-order chi connectivity index (χ0) is 8.10. The van der Waals surface area contributed by atoms with Crippen molar-refractivity contribution in [3.63, 3.8) is 0 Å². The molecule has 1 rings (SSSR count). The molecule has 2 heteroatoms. The highest BCUT2D eigenvalue weighted by atomic mass is 16.5. The normalized spacial score (nSPS) is 31.3. The third-order valence-corrected chi connectivity index (χ3v) is 2.39. The van der Waals surface area contributed by atoms with Crippen molar-refractivity contribution in [3.05, 3.63) is 0 Å². The van der Waals surface area contributed by atoms with Crippen molar-refractivity contribution in [2.24, 2.45) is 5.92 Å². The van der Waals surface area contributed by atoms with Crippen LogP contribution < -0.4 is 0 Å². The first-order valence-corrected chi connectivity index (χ1v) is 4.33. The van der Waals surface area contributed by atoms with Gasteiger partial charge >= 0.3 is 0 Å². The van der Waals surface area contributed by atoms with E-state index in [0.29, 0.717) is 12.0 Å². The topological polar surface area (TPSA) is 33.0 Å². The molecule has 0 aromatic carbocycles. The summed E-state index contributed by atoms with van der Waals surface area (Å²) in [6, 6.07) is 2.01. The van der Waals surface area contributed by atoms with Crippen LogP contribution in [0.15, 0.2) is 0 Å². The molecule has 1 aliphatic carbocycles. The monoisotopic (exact) mass is 153 g/mol. The molecule has 0 heterocycles. The van der Waals surface area contributed by atoms with Gasteiger partial charge in [0.15, 0.2) is 0 Å². The minimum atomic E-state index is 0.259. The number of hydrogen-bond donors (Lipinski definition) is 0. The van der Waals surface area contributed by atoms with E-state index in [4.69, 9.17) is 10.00 Å². The summed E-state index contributed by atoms with van der Waals surface area (Å²) in [5.41, 5.74) is 0. The van der Waals surface area contributed by atoms with Crippen molar-refractivity contribution in [3.8, 4) is 6.07 Å². The van der Waals surface area contributed by atoms with E-state index in [-0.39, 0.29) is 6.61 Å². The fourth-order valence-corrected chi connectivity index (χ4v) is 1.67. The van der Waals surface area contributed by atoms with Crippen LogP contribution in [0.5, 0.6) is 0 Å². The average molecular weight is 153 g/mol. The lowest BCUT2D eigenvalue weighted by Gasteiger charge is -2.27. The van der Waals surface area contributed by atoms with Gasteiger partial charge in [0.1, 0.15) is 6.61 Å². The zero-order valence-electron chi connectivity index (χ0n) is 7.05. The molecule has 1 saturated carbocycles. The fourth-order valence-electron chi connectivity index (χ4n) is 1.67. The van der Waals surface area contributed by atoms with Crippen molar-refractivity contribution in [1.82, 2.24) is 0 Å². The van der Waals surface area contributed by atoms with Gasteiger partial charge in [-0.3, -0.25) is 0 Å². The van der Waals surface area contributed by atoms with E-state index in [2.05, 4.69) is 6.92 Å². The van der Waals surface area contributed by atoms with Crippen LogP contribution in [0, 0.1) is 17.2 Å². The molecule has 0 aliphatic heterocycles. The van der Waals surface area contributed by atoms with Crippen LogP contribution in [-0.4, -0.2) is 12.7 Å². The molecular weight excluding hydrogens is 138 g/mol. The van der Waals surface area contributed by atoms with Crippen LogP contribution in [0.4, 0.5) is 0 Å². The minimum Gasteiger partial charge on any atom is -0.363 e. The van der Waals surface area contributed by atoms with E-state index < -0.39 is 0 Å². The third kappa shape index (κ3) is 2.51. The van der Waals surface area contributed by atoms with Gasteiger partial charge in [-0.2, -0.15) is 5.26 Å². The van der Waals surface area contributed by atoms with Crippen LogP contribution >= 0.6 is 0 Å². The summed E-state index contributed by atoms with van der Waals surface area (Å²) in [4.78, 5) is 0. The molecule has 0 aromatic rings. The number of nitriles is 1. The van der Waals surface area contributed by atoms with Crippen LogP contribution in [0.3, 0.4) is 0 Å². The molecule has 0 bridgehead atoms. The van der Waals surface area contributed by atoms with Crippen molar-refractivity contribution >= 4 is 0 Å². The molecule has 62 valence electrons. The molecule has 0 N–H and O–H groups in total. The highest BCUT2D eigenvalue weighted by Gasteiger charge is 2.21. The van der Waals surface area contributed by atoms with Crippen LogP contribution in [-0.2, 0) is 4.74 Å². The Morgan fingerprint density at radius 1 is 1.45 bits per heavy atom. The first kappa shape index (κ1) is 8.55. The molecule has 11 heavy (non-hydrogen) atoms. The van der Waals surface area contributed by atoms with Crippen LogP contribution in [0.25, 0.3) is 0 Å². The molecule has 0 radical (unpaired) electrons. The van der Waals surface area contributed by atoms with Crippen molar-refractivity contribution in [1.29, 1.82) is 5.26 Å². The maximum absolute atomic E-state index is 8.31. The molecule has 1 aliphatic rings. The zero-order valence-corrected chi connectivity index (χ0v) is 7.05. The Morgan fingerprint density at radius 3 is 2.82 bits per heavy atom. The molecule has 0 spiro atoms. The van der Waals surface area contributed by atoms with Gasteiger partial charge in [-0.05, 0) is 18.8 Å². The summed E-state index contributed by atoms with van der Waals surface area (Å²) in [5, 5.41) is 8.31. The maximum atomic E-state index is 8.31. The SMILES string of the molecule is C[C@H]1CCCC[C@H]1OCC#N. The number of nitrogens with zero attached hydrogens (tertiary/aromatic N) is 1. The smallest absolute Gasteiger partial charge is 0.134 e. The second-order valence-electron chi connectivity index (χ2n) is 3.27. The molecule has 2 atom stereocenters. The Labute approximate surface area is 68.2 Å². The molecule has 0 aromatic heterocycles. The van der Waals surface area contributed by atoms with Crippen LogP contribution in [0.1, 0.15) is 32.6 Å². The predicted molar refractivity (Wildman–Crippen MR) is 43.0 cm³/mol. The van der Waals surface area contributed by atoms with Gasteiger partial charge in [0.2, 0.25) is 0 Å². The maximum Gasteiger partial charge on any atom is 0.134 e. The molecular formula is C9H15NO. The summed E-state index contributed by atoms with van der Waals surface area (Å²) in [6.45, 7) is 2.47. The number of rotatable bonds is 2. The molecule has 0 amide bonds.